The fraction of sp³-hybridized carbons (Fsp3) is 0.316. The van der Waals surface area contributed by atoms with Gasteiger partial charge in [0.25, 0.3) is 0 Å². The van der Waals surface area contributed by atoms with Crippen molar-refractivity contribution >= 4 is 27.5 Å². The Labute approximate surface area is 150 Å². The topological polar surface area (TPSA) is 41.1 Å². The van der Waals surface area contributed by atoms with Crippen LogP contribution in [-0.2, 0) is 4.79 Å². The molecule has 2 N–H and O–H groups in total. The maximum atomic E-state index is 13.1. The molecular formula is C19H22BrFN2O. The molecule has 0 aliphatic rings. The quantitative estimate of drug-likeness (QED) is 0.739. The molecule has 0 saturated carbocycles. The lowest BCUT2D eigenvalue weighted by Crippen LogP contribution is -2.33. The Morgan fingerprint density at radius 2 is 1.83 bits per heavy atom. The minimum absolute atomic E-state index is 0.0117. The van der Waals surface area contributed by atoms with Gasteiger partial charge in [0.1, 0.15) is 5.82 Å². The van der Waals surface area contributed by atoms with Crippen LogP contribution in [0, 0.1) is 18.7 Å². The van der Waals surface area contributed by atoms with E-state index in [1.807, 2.05) is 25.1 Å². The molecule has 0 aliphatic carbocycles. The van der Waals surface area contributed by atoms with Crippen LogP contribution in [-0.4, -0.2) is 12.5 Å². The van der Waals surface area contributed by atoms with Gasteiger partial charge in [-0.25, -0.2) is 4.39 Å². The van der Waals surface area contributed by atoms with Gasteiger partial charge in [-0.15, -0.1) is 0 Å². The molecule has 2 rings (SSSR count). The zero-order valence-electron chi connectivity index (χ0n) is 14.1. The van der Waals surface area contributed by atoms with Crippen LogP contribution in [0.15, 0.2) is 46.9 Å². The van der Waals surface area contributed by atoms with Crippen molar-refractivity contribution in [1.82, 2.24) is 5.32 Å². The predicted octanol–water partition coefficient (Wildman–Crippen LogP) is 4.82. The highest BCUT2D eigenvalue weighted by atomic mass is 79.9. The van der Waals surface area contributed by atoms with Gasteiger partial charge in [0.2, 0.25) is 5.91 Å². The maximum Gasteiger partial charge on any atom is 0.238 e. The van der Waals surface area contributed by atoms with Crippen LogP contribution in [0.2, 0.25) is 0 Å². The Balaban J connectivity index is 1.98. The van der Waals surface area contributed by atoms with Crippen LogP contribution in [0.3, 0.4) is 0 Å². The van der Waals surface area contributed by atoms with E-state index >= 15 is 0 Å². The number of carbonyl (C=O) groups excluding carboxylic acids is 1. The number of nitrogens with one attached hydrogen (secondary N) is 2. The number of benzene rings is 2. The first-order chi connectivity index (χ1) is 11.4. The second-order valence-electron chi connectivity index (χ2n) is 6.16. The summed E-state index contributed by atoms with van der Waals surface area (Å²) in [5.41, 5.74) is 2.77. The van der Waals surface area contributed by atoms with Crippen molar-refractivity contribution in [2.45, 2.75) is 26.8 Å². The molecular weight excluding hydrogens is 371 g/mol. The number of hydrogen-bond donors (Lipinski definition) is 2. The minimum atomic E-state index is -0.260. The van der Waals surface area contributed by atoms with Gasteiger partial charge < -0.3 is 10.6 Å². The average molecular weight is 393 g/mol. The summed E-state index contributed by atoms with van der Waals surface area (Å²) in [6.45, 7) is 6.27. The lowest BCUT2D eigenvalue weighted by Gasteiger charge is -2.23. The highest BCUT2D eigenvalue weighted by molar-refractivity contribution is 9.10. The van der Waals surface area contributed by atoms with Gasteiger partial charge in [-0.05, 0) is 54.3 Å². The Morgan fingerprint density at radius 3 is 2.42 bits per heavy atom. The number of anilines is 1. The second kappa shape index (κ2) is 8.40. The maximum absolute atomic E-state index is 13.1. The number of carbonyl (C=O) groups is 1. The molecule has 0 aliphatic heterocycles. The van der Waals surface area contributed by atoms with E-state index in [1.54, 1.807) is 12.1 Å². The molecule has 3 nitrogen and oxygen atoms in total. The SMILES string of the molecule is Cc1cc(Br)ccc1NC(=O)CN[C@H](c1ccc(F)cc1)C(C)C. The highest BCUT2D eigenvalue weighted by Crippen LogP contribution is 2.22. The Kier molecular flexibility index (Phi) is 6.52. The Hall–Kier alpha value is -1.72. The third-order valence-corrected chi connectivity index (χ3v) is 4.33. The van der Waals surface area contributed by atoms with E-state index in [2.05, 4.69) is 40.4 Å². The molecule has 0 fully saturated rings. The standard InChI is InChI=1S/C19H22BrFN2O/c1-12(2)19(14-4-7-16(21)8-5-14)22-11-18(24)23-17-9-6-15(20)10-13(17)3/h4-10,12,19,22H,11H2,1-3H3,(H,23,24)/t19-/m0/s1. The van der Waals surface area contributed by atoms with E-state index in [-0.39, 0.29) is 30.2 Å². The number of rotatable bonds is 6. The molecule has 0 radical (unpaired) electrons. The Morgan fingerprint density at radius 1 is 1.17 bits per heavy atom. The summed E-state index contributed by atoms with van der Waals surface area (Å²) in [4.78, 5) is 12.2. The molecule has 2 aromatic rings. The summed E-state index contributed by atoms with van der Waals surface area (Å²) in [5.74, 6) is -0.0874. The number of amides is 1. The van der Waals surface area contributed by atoms with Crippen LogP contribution in [0.5, 0.6) is 0 Å². The minimum Gasteiger partial charge on any atom is -0.325 e. The third-order valence-electron chi connectivity index (χ3n) is 3.84. The zero-order valence-corrected chi connectivity index (χ0v) is 15.7. The van der Waals surface area contributed by atoms with Crippen molar-refractivity contribution < 1.29 is 9.18 Å². The van der Waals surface area contributed by atoms with Crippen molar-refractivity contribution in [3.05, 3.63) is 63.9 Å². The smallest absolute Gasteiger partial charge is 0.238 e. The number of halogens is 2. The molecule has 0 bridgehead atoms. The molecule has 2 aromatic carbocycles. The molecule has 5 heteroatoms. The van der Waals surface area contributed by atoms with E-state index < -0.39 is 0 Å². The lowest BCUT2D eigenvalue weighted by atomic mass is 9.96. The van der Waals surface area contributed by atoms with E-state index in [4.69, 9.17) is 0 Å². The second-order valence-corrected chi connectivity index (χ2v) is 7.08. The molecule has 0 heterocycles. The van der Waals surface area contributed by atoms with Crippen LogP contribution in [0.1, 0.15) is 31.0 Å². The monoisotopic (exact) mass is 392 g/mol. The van der Waals surface area contributed by atoms with Gasteiger partial charge in [0.15, 0.2) is 0 Å². The van der Waals surface area contributed by atoms with Crippen molar-refractivity contribution in [1.29, 1.82) is 0 Å². The van der Waals surface area contributed by atoms with Crippen LogP contribution >= 0.6 is 15.9 Å². The summed E-state index contributed by atoms with van der Waals surface area (Å²) in [5, 5.41) is 6.17. The van der Waals surface area contributed by atoms with Crippen molar-refractivity contribution in [3.8, 4) is 0 Å². The molecule has 24 heavy (non-hydrogen) atoms. The first-order valence-corrected chi connectivity index (χ1v) is 8.71. The molecule has 0 saturated heterocycles. The number of hydrogen-bond acceptors (Lipinski definition) is 2. The fourth-order valence-electron chi connectivity index (χ4n) is 2.57. The molecule has 128 valence electrons. The first-order valence-electron chi connectivity index (χ1n) is 7.91. The van der Waals surface area contributed by atoms with Crippen LogP contribution < -0.4 is 10.6 Å². The van der Waals surface area contributed by atoms with Crippen molar-refractivity contribution in [2.75, 3.05) is 11.9 Å². The number of aryl methyl sites for hydroxylation is 1. The third kappa shape index (κ3) is 5.14. The first kappa shape index (κ1) is 18.6. The van der Waals surface area contributed by atoms with Gasteiger partial charge >= 0.3 is 0 Å². The largest absolute Gasteiger partial charge is 0.325 e. The normalized spacial score (nSPS) is 12.2. The van der Waals surface area contributed by atoms with E-state index in [0.29, 0.717) is 0 Å². The van der Waals surface area contributed by atoms with E-state index in [0.717, 1.165) is 21.3 Å². The summed E-state index contributed by atoms with van der Waals surface area (Å²) >= 11 is 3.41. The van der Waals surface area contributed by atoms with Crippen molar-refractivity contribution in [2.24, 2.45) is 5.92 Å². The summed E-state index contributed by atoms with van der Waals surface area (Å²) in [6.07, 6.45) is 0. The van der Waals surface area contributed by atoms with E-state index in [1.165, 1.54) is 12.1 Å². The summed E-state index contributed by atoms with van der Waals surface area (Å²) in [6, 6.07) is 12.1. The Bertz CT molecular complexity index is 701. The molecule has 1 atom stereocenters. The lowest BCUT2D eigenvalue weighted by molar-refractivity contribution is -0.115. The predicted molar refractivity (Wildman–Crippen MR) is 99.5 cm³/mol. The van der Waals surface area contributed by atoms with Gasteiger partial charge in [0.05, 0.1) is 6.54 Å². The van der Waals surface area contributed by atoms with Gasteiger partial charge in [0, 0.05) is 16.2 Å². The van der Waals surface area contributed by atoms with Gasteiger partial charge in [-0.1, -0.05) is 41.9 Å². The van der Waals surface area contributed by atoms with Gasteiger partial charge in [-0.3, -0.25) is 4.79 Å². The van der Waals surface area contributed by atoms with Crippen LogP contribution in [0.25, 0.3) is 0 Å². The molecule has 0 unspecified atom stereocenters. The van der Waals surface area contributed by atoms with Crippen LogP contribution in [0.4, 0.5) is 10.1 Å². The zero-order chi connectivity index (χ0) is 17.7. The van der Waals surface area contributed by atoms with E-state index in [9.17, 15) is 9.18 Å². The summed E-state index contributed by atoms with van der Waals surface area (Å²) < 4.78 is 14.1. The average Bonchev–Trinajstić information content (AvgIpc) is 2.52. The summed E-state index contributed by atoms with van der Waals surface area (Å²) in [7, 11) is 0. The van der Waals surface area contributed by atoms with Crippen molar-refractivity contribution in [3.63, 3.8) is 0 Å². The molecule has 0 spiro atoms. The fourth-order valence-corrected chi connectivity index (χ4v) is 3.05. The van der Waals surface area contributed by atoms with Gasteiger partial charge in [-0.2, -0.15) is 0 Å². The highest BCUT2D eigenvalue weighted by Gasteiger charge is 2.17. The molecule has 0 aromatic heterocycles. The molecule has 1 amide bonds.